The third-order valence-corrected chi connectivity index (χ3v) is 1.47. The summed E-state index contributed by atoms with van der Waals surface area (Å²) in [5.74, 6) is 0. The highest BCUT2D eigenvalue weighted by Gasteiger charge is 1.87. The summed E-state index contributed by atoms with van der Waals surface area (Å²) in [6, 6.07) is 0. The highest BCUT2D eigenvalue weighted by atomic mass is 16.5. The van der Waals surface area contributed by atoms with Crippen LogP contribution < -0.4 is 5.32 Å². The Labute approximate surface area is 75.4 Å². The molecule has 0 saturated heterocycles. The van der Waals surface area contributed by atoms with Gasteiger partial charge in [0, 0.05) is 26.4 Å². The van der Waals surface area contributed by atoms with E-state index < -0.39 is 0 Å². The maximum atomic E-state index is 5.19. The molecule has 0 heterocycles. The molecule has 0 aliphatic carbocycles. The molecule has 0 aliphatic heterocycles. The van der Waals surface area contributed by atoms with Gasteiger partial charge in [0.25, 0.3) is 0 Å². The fourth-order valence-corrected chi connectivity index (χ4v) is 0.857. The molecule has 3 nitrogen and oxygen atoms in total. The van der Waals surface area contributed by atoms with Crippen molar-refractivity contribution in [2.45, 2.75) is 20.3 Å². The first-order valence-corrected chi connectivity index (χ1v) is 4.78. The molecule has 1 N–H and O–H groups in total. The lowest BCUT2D eigenvalue weighted by Gasteiger charge is -2.04. The summed E-state index contributed by atoms with van der Waals surface area (Å²) < 4.78 is 10.4. The van der Waals surface area contributed by atoms with Crippen LogP contribution in [0.15, 0.2) is 0 Å². The lowest BCUT2D eigenvalue weighted by Crippen LogP contribution is -2.21. The summed E-state index contributed by atoms with van der Waals surface area (Å²) in [7, 11) is 0. The number of hydrogen-bond donors (Lipinski definition) is 1. The molecular formula is C9H21NO2. The largest absolute Gasteiger partial charge is 0.382 e. The van der Waals surface area contributed by atoms with Gasteiger partial charge < -0.3 is 14.8 Å². The molecule has 0 rings (SSSR count). The van der Waals surface area contributed by atoms with Crippen LogP contribution in [0.4, 0.5) is 0 Å². The number of nitrogens with one attached hydrogen (secondary N) is 1. The van der Waals surface area contributed by atoms with Crippen molar-refractivity contribution in [3.05, 3.63) is 0 Å². The Kier molecular flexibility index (Phi) is 10.8. The fraction of sp³-hybridized carbons (Fsp3) is 1.00. The molecule has 0 aliphatic rings. The molecule has 0 bridgehead atoms. The van der Waals surface area contributed by atoms with Crippen molar-refractivity contribution in [2.75, 3.05) is 39.5 Å². The minimum Gasteiger partial charge on any atom is -0.382 e. The zero-order valence-electron chi connectivity index (χ0n) is 8.27. The molecule has 0 unspecified atom stereocenters. The molecule has 0 saturated carbocycles. The lowest BCUT2D eigenvalue weighted by molar-refractivity contribution is 0.138. The highest BCUT2D eigenvalue weighted by Crippen LogP contribution is 1.79. The Morgan fingerprint density at radius 2 is 1.58 bits per heavy atom. The van der Waals surface area contributed by atoms with Gasteiger partial charge >= 0.3 is 0 Å². The summed E-state index contributed by atoms with van der Waals surface area (Å²) >= 11 is 0. The van der Waals surface area contributed by atoms with Crippen LogP contribution in [-0.4, -0.2) is 39.5 Å². The van der Waals surface area contributed by atoms with Crippen LogP contribution in [0.1, 0.15) is 20.3 Å². The Morgan fingerprint density at radius 3 is 2.25 bits per heavy atom. The second-order valence-corrected chi connectivity index (χ2v) is 2.50. The van der Waals surface area contributed by atoms with Crippen LogP contribution in [-0.2, 0) is 9.47 Å². The van der Waals surface area contributed by atoms with Crippen LogP contribution in [0.2, 0.25) is 0 Å². The molecule has 12 heavy (non-hydrogen) atoms. The number of ether oxygens (including phenoxy) is 2. The normalized spacial score (nSPS) is 10.5. The lowest BCUT2D eigenvalue weighted by atomic mass is 10.4. The minimum atomic E-state index is 0.806. The second kappa shape index (κ2) is 10.9. The van der Waals surface area contributed by atoms with Crippen LogP contribution in [0, 0.1) is 0 Å². The van der Waals surface area contributed by atoms with Crippen LogP contribution in [0.25, 0.3) is 0 Å². The Hall–Kier alpha value is -0.120. The van der Waals surface area contributed by atoms with Crippen molar-refractivity contribution in [3.63, 3.8) is 0 Å². The maximum absolute atomic E-state index is 5.19. The van der Waals surface area contributed by atoms with Gasteiger partial charge in [0.05, 0.1) is 6.61 Å². The van der Waals surface area contributed by atoms with E-state index in [-0.39, 0.29) is 0 Å². The average Bonchev–Trinajstić information content (AvgIpc) is 2.10. The Balaban J connectivity index is 2.73. The highest BCUT2D eigenvalue weighted by molar-refractivity contribution is 4.45. The first-order valence-electron chi connectivity index (χ1n) is 4.78. The predicted octanol–water partition coefficient (Wildman–Crippen LogP) is 1.04. The summed E-state index contributed by atoms with van der Waals surface area (Å²) in [6.07, 6.45) is 1.08. The average molecular weight is 175 g/mol. The van der Waals surface area contributed by atoms with Gasteiger partial charge in [-0.1, -0.05) is 0 Å². The molecule has 3 heteroatoms. The quantitative estimate of drug-likeness (QED) is 0.531. The third-order valence-electron chi connectivity index (χ3n) is 1.47. The monoisotopic (exact) mass is 175 g/mol. The van der Waals surface area contributed by atoms with Gasteiger partial charge in [-0.2, -0.15) is 0 Å². The third kappa shape index (κ3) is 9.88. The smallest absolute Gasteiger partial charge is 0.0590 e. The van der Waals surface area contributed by atoms with E-state index in [9.17, 15) is 0 Å². The van der Waals surface area contributed by atoms with E-state index in [1.54, 1.807) is 0 Å². The molecule has 0 aromatic heterocycles. The molecule has 0 aromatic carbocycles. The van der Waals surface area contributed by atoms with E-state index >= 15 is 0 Å². The summed E-state index contributed by atoms with van der Waals surface area (Å²) in [4.78, 5) is 0. The molecule has 0 amide bonds. The first kappa shape index (κ1) is 11.9. The number of hydrogen-bond acceptors (Lipinski definition) is 3. The van der Waals surface area contributed by atoms with E-state index in [0.29, 0.717) is 0 Å². The van der Waals surface area contributed by atoms with Gasteiger partial charge in [-0.3, -0.25) is 0 Å². The van der Waals surface area contributed by atoms with Gasteiger partial charge in [0.15, 0.2) is 0 Å². The van der Waals surface area contributed by atoms with E-state index in [0.717, 1.165) is 45.9 Å². The van der Waals surface area contributed by atoms with E-state index in [4.69, 9.17) is 9.47 Å². The second-order valence-electron chi connectivity index (χ2n) is 2.50. The first-order chi connectivity index (χ1) is 5.91. The van der Waals surface area contributed by atoms with Gasteiger partial charge in [0.2, 0.25) is 0 Å². The topological polar surface area (TPSA) is 30.5 Å². The van der Waals surface area contributed by atoms with Gasteiger partial charge in [-0.25, -0.2) is 0 Å². The SMILES string of the molecule is CCOCCCNCCOCC. The Bertz CT molecular complexity index is 68.9. The standard InChI is InChI=1S/C9H21NO2/c1-3-11-8-5-6-10-7-9-12-4-2/h10H,3-9H2,1-2H3. The van der Waals surface area contributed by atoms with Crippen molar-refractivity contribution >= 4 is 0 Å². The molecular weight excluding hydrogens is 154 g/mol. The molecule has 0 aromatic rings. The fourth-order valence-electron chi connectivity index (χ4n) is 0.857. The van der Waals surface area contributed by atoms with Gasteiger partial charge in [-0.15, -0.1) is 0 Å². The molecule has 0 atom stereocenters. The van der Waals surface area contributed by atoms with Crippen molar-refractivity contribution in [2.24, 2.45) is 0 Å². The van der Waals surface area contributed by atoms with Gasteiger partial charge in [0.1, 0.15) is 0 Å². The zero-order chi connectivity index (χ0) is 9.07. The molecule has 0 radical (unpaired) electrons. The number of rotatable bonds is 9. The van der Waals surface area contributed by atoms with Crippen molar-refractivity contribution in [1.29, 1.82) is 0 Å². The van der Waals surface area contributed by atoms with Crippen LogP contribution >= 0.6 is 0 Å². The predicted molar refractivity (Wildman–Crippen MR) is 50.5 cm³/mol. The summed E-state index contributed by atoms with van der Waals surface area (Å²) in [5.41, 5.74) is 0. The molecule has 0 fully saturated rings. The van der Waals surface area contributed by atoms with Gasteiger partial charge in [-0.05, 0) is 26.8 Å². The minimum absolute atomic E-state index is 0.806. The summed E-state index contributed by atoms with van der Waals surface area (Å²) in [5, 5.41) is 3.27. The van der Waals surface area contributed by atoms with Crippen molar-refractivity contribution in [3.8, 4) is 0 Å². The summed E-state index contributed by atoms with van der Waals surface area (Å²) in [6.45, 7) is 9.29. The zero-order valence-corrected chi connectivity index (χ0v) is 8.27. The van der Waals surface area contributed by atoms with Crippen LogP contribution in [0.3, 0.4) is 0 Å². The van der Waals surface area contributed by atoms with E-state index in [1.165, 1.54) is 0 Å². The van der Waals surface area contributed by atoms with E-state index in [2.05, 4.69) is 5.32 Å². The molecule has 74 valence electrons. The van der Waals surface area contributed by atoms with Crippen molar-refractivity contribution < 1.29 is 9.47 Å². The maximum Gasteiger partial charge on any atom is 0.0590 e. The van der Waals surface area contributed by atoms with Crippen molar-refractivity contribution in [1.82, 2.24) is 5.32 Å². The van der Waals surface area contributed by atoms with E-state index in [1.807, 2.05) is 13.8 Å². The van der Waals surface area contributed by atoms with Crippen LogP contribution in [0.5, 0.6) is 0 Å². The molecule has 0 spiro atoms. The Morgan fingerprint density at radius 1 is 0.917 bits per heavy atom.